The second-order valence-electron chi connectivity index (χ2n) is 5.05. The van der Waals surface area contributed by atoms with Crippen molar-refractivity contribution in [3.05, 3.63) is 70.8 Å². The van der Waals surface area contributed by atoms with Gasteiger partial charge in [0.15, 0.2) is 0 Å². The van der Waals surface area contributed by atoms with E-state index in [0.29, 0.717) is 11.5 Å². The molecule has 0 bridgehead atoms. The Morgan fingerprint density at radius 1 is 1.05 bits per heavy atom. The lowest BCUT2D eigenvalue weighted by atomic mass is 10.00. The van der Waals surface area contributed by atoms with E-state index in [0.717, 1.165) is 11.1 Å². The summed E-state index contributed by atoms with van der Waals surface area (Å²) >= 11 is 0. The van der Waals surface area contributed by atoms with E-state index >= 15 is 0 Å². The third-order valence-electron chi connectivity index (χ3n) is 3.22. The zero-order valence-electron chi connectivity index (χ0n) is 11.7. The van der Waals surface area contributed by atoms with Crippen LogP contribution < -0.4 is 0 Å². The molecule has 0 heterocycles. The summed E-state index contributed by atoms with van der Waals surface area (Å²) in [7, 11) is 0. The van der Waals surface area contributed by atoms with Crippen molar-refractivity contribution in [2.75, 3.05) is 0 Å². The number of aromatic carboxylic acids is 1. The normalized spacial score (nSPS) is 11.2. The van der Waals surface area contributed by atoms with Gasteiger partial charge in [-0.3, -0.25) is 0 Å². The Balaban J connectivity index is 2.30. The number of rotatable bonds is 4. The highest BCUT2D eigenvalue weighted by Crippen LogP contribution is 2.18. The minimum atomic E-state index is -0.902. The standard InChI is InChI=1S/C18H18O2/c1-13(2)16-8-5-6-14(12-16)10-11-15-7-3-4-9-17(15)18(19)20/h3-13H,1-2H3,(H,19,20)/b11-10+. The van der Waals surface area contributed by atoms with E-state index in [2.05, 4.69) is 26.0 Å². The van der Waals surface area contributed by atoms with Crippen LogP contribution in [-0.2, 0) is 0 Å². The minimum absolute atomic E-state index is 0.323. The molecule has 2 nitrogen and oxygen atoms in total. The molecule has 20 heavy (non-hydrogen) atoms. The van der Waals surface area contributed by atoms with Gasteiger partial charge in [0, 0.05) is 0 Å². The summed E-state index contributed by atoms with van der Waals surface area (Å²) in [6.45, 7) is 4.31. The Labute approximate surface area is 119 Å². The molecule has 2 aromatic rings. The Kier molecular flexibility index (Phi) is 4.36. The van der Waals surface area contributed by atoms with E-state index in [1.165, 1.54) is 5.56 Å². The smallest absolute Gasteiger partial charge is 0.336 e. The molecule has 0 saturated heterocycles. The van der Waals surface area contributed by atoms with Crippen LogP contribution in [0.4, 0.5) is 0 Å². The quantitative estimate of drug-likeness (QED) is 0.816. The number of carboxylic acid groups (broad SMARTS) is 1. The Hall–Kier alpha value is -2.35. The van der Waals surface area contributed by atoms with Gasteiger partial charge in [-0.25, -0.2) is 4.79 Å². The van der Waals surface area contributed by atoms with Crippen molar-refractivity contribution >= 4 is 18.1 Å². The van der Waals surface area contributed by atoms with Crippen LogP contribution in [0.1, 0.15) is 46.8 Å². The van der Waals surface area contributed by atoms with Crippen molar-refractivity contribution in [1.29, 1.82) is 0 Å². The molecule has 0 unspecified atom stereocenters. The molecule has 0 fully saturated rings. The first-order valence-corrected chi connectivity index (χ1v) is 6.68. The van der Waals surface area contributed by atoms with Crippen LogP contribution in [0.5, 0.6) is 0 Å². The van der Waals surface area contributed by atoms with Crippen molar-refractivity contribution < 1.29 is 9.90 Å². The van der Waals surface area contributed by atoms with E-state index in [1.807, 2.05) is 36.4 Å². The molecule has 102 valence electrons. The molecule has 0 aliphatic carbocycles. The molecule has 0 saturated carbocycles. The minimum Gasteiger partial charge on any atom is -0.478 e. The van der Waals surface area contributed by atoms with Gasteiger partial charge in [-0.2, -0.15) is 0 Å². The second-order valence-corrected chi connectivity index (χ2v) is 5.05. The molecule has 2 heteroatoms. The van der Waals surface area contributed by atoms with E-state index in [9.17, 15) is 4.79 Å². The summed E-state index contributed by atoms with van der Waals surface area (Å²) in [6, 6.07) is 15.3. The molecule has 0 amide bonds. The van der Waals surface area contributed by atoms with Gasteiger partial charge in [0.1, 0.15) is 0 Å². The van der Waals surface area contributed by atoms with Gasteiger partial charge in [0.05, 0.1) is 5.56 Å². The summed E-state index contributed by atoms with van der Waals surface area (Å²) in [5.74, 6) is -0.421. The Bertz CT molecular complexity index is 639. The number of hydrogen-bond acceptors (Lipinski definition) is 1. The van der Waals surface area contributed by atoms with Crippen LogP contribution in [0.25, 0.3) is 12.2 Å². The molecule has 2 rings (SSSR count). The molecular weight excluding hydrogens is 248 g/mol. The number of benzene rings is 2. The van der Waals surface area contributed by atoms with Crippen molar-refractivity contribution in [3.63, 3.8) is 0 Å². The molecule has 0 radical (unpaired) electrons. The molecule has 0 aromatic heterocycles. The lowest BCUT2D eigenvalue weighted by Gasteiger charge is -2.06. The summed E-state index contributed by atoms with van der Waals surface area (Å²) in [5.41, 5.74) is 3.40. The zero-order valence-corrected chi connectivity index (χ0v) is 11.7. The van der Waals surface area contributed by atoms with Crippen LogP contribution in [0.2, 0.25) is 0 Å². The van der Waals surface area contributed by atoms with Crippen molar-refractivity contribution in [1.82, 2.24) is 0 Å². The largest absolute Gasteiger partial charge is 0.478 e. The molecule has 0 aliphatic heterocycles. The van der Waals surface area contributed by atoms with Gasteiger partial charge >= 0.3 is 5.97 Å². The van der Waals surface area contributed by atoms with Gasteiger partial charge in [-0.15, -0.1) is 0 Å². The summed E-state index contributed by atoms with van der Waals surface area (Å²) < 4.78 is 0. The van der Waals surface area contributed by atoms with Crippen LogP contribution in [0, 0.1) is 0 Å². The first-order chi connectivity index (χ1) is 9.58. The third-order valence-corrected chi connectivity index (χ3v) is 3.22. The molecule has 0 aliphatic rings. The number of carboxylic acids is 1. The second kappa shape index (κ2) is 6.20. The van der Waals surface area contributed by atoms with E-state index in [-0.39, 0.29) is 0 Å². The fourth-order valence-electron chi connectivity index (χ4n) is 2.04. The molecule has 1 N–H and O–H groups in total. The topological polar surface area (TPSA) is 37.3 Å². The highest BCUT2D eigenvalue weighted by Gasteiger charge is 2.06. The predicted octanol–water partition coefficient (Wildman–Crippen LogP) is 4.68. The SMILES string of the molecule is CC(C)c1cccc(/C=C/c2ccccc2C(=O)O)c1. The zero-order chi connectivity index (χ0) is 14.5. The number of carbonyl (C=O) groups is 1. The Morgan fingerprint density at radius 3 is 2.50 bits per heavy atom. The van der Waals surface area contributed by atoms with Gasteiger partial charge < -0.3 is 5.11 Å². The van der Waals surface area contributed by atoms with E-state index in [4.69, 9.17) is 5.11 Å². The van der Waals surface area contributed by atoms with Crippen LogP contribution >= 0.6 is 0 Å². The van der Waals surface area contributed by atoms with Gasteiger partial charge in [-0.1, -0.05) is 68.5 Å². The van der Waals surface area contributed by atoms with Crippen LogP contribution in [0.3, 0.4) is 0 Å². The third kappa shape index (κ3) is 3.35. The molecule has 2 aromatic carbocycles. The molecular formula is C18H18O2. The summed E-state index contributed by atoms with van der Waals surface area (Å²) in [4.78, 5) is 11.1. The first kappa shape index (κ1) is 14.1. The lowest BCUT2D eigenvalue weighted by molar-refractivity contribution is 0.0696. The average molecular weight is 266 g/mol. The highest BCUT2D eigenvalue weighted by molar-refractivity contribution is 5.93. The molecule has 0 spiro atoms. The fraction of sp³-hybridized carbons (Fsp3) is 0.167. The van der Waals surface area contributed by atoms with Gasteiger partial charge in [-0.05, 0) is 28.7 Å². The lowest BCUT2D eigenvalue weighted by Crippen LogP contribution is -1.98. The average Bonchev–Trinajstić information content (AvgIpc) is 2.45. The summed E-state index contributed by atoms with van der Waals surface area (Å²) in [6.07, 6.45) is 3.80. The van der Waals surface area contributed by atoms with Crippen LogP contribution in [-0.4, -0.2) is 11.1 Å². The first-order valence-electron chi connectivity index (χ1n) is 6.68. The monoisotopic (exact) mass is 266 g/mol. The van der Waals surface area contributed by atoms with Crippen LogP contribution in [0.15, 0.2) is 48.5 Å². The highest BCUT2D eigenvalue weighted by atomic mass is 16.4. The number of hydrogen-bond donors (Lipinski definition) is 1. The van der Waals surface area contributed by atoms with Crippen molar-refractivity contribution in [3.8, 4) is 0 Å². The van der Waals surface area contributed by atoms with E-state index < -0.39 is 5.97 Å². The van der Waals surface area contributed by atoms with Gasteiger partial charge in [0.25, 0.3) is 0 Å². The van der Waals surface area contributed by atoms with Crippen molar-refractivity contribution in [2.45, 2.75) is 19.8 Å². The maximum atomic E-state index is 11.1. The summed E-state index contributed by atoms with van der Waals surface area (Å²) in [5, 5.41) is 9.15. The fourth-order valence-corrected chi connectivity index (χ4v) is 2.04. The van der Waals surface area contributed by atoms with E-state index in [1.54, 1.807) is 12.1 Å². The Morgan fingerprint density at radius 2 is 1.80 bits per heavy atom. The maximum Gasteiger partial charge on any atom is 0.336 e. The molecule has 0 atom stereocenters. The van der Waals surface area contributed by atoms with Crippen molar-refractivity contribution in [2.24, 2.45) is 0 Å². The van der Waals surface area contributed by atoms with Gasteiger partial charge in [0.2, 0.25) is 0 Å². The predicted molar refractivity (Wildman–Crippen MR) is 82.9 cm³/mol. The maximum absolute atomic E-state index is 11.1.